The van der Waals surface area contributed by atoms with Crippen molar-refractivity contribution in [3.63, 3.8) is 0 Å². The van der Waals surface area contributed by atoms with Crippen molar-refractivity contribution in [1.82, 2.24) is 0 Å². The summed E-state index contributed by atoms with van der Waals surface area (Å²) in [5.74, 6) is -3.43. The molecule has 238 valence electrons. The molecule has 0 amide bonds. The fourth-order valence-corrected chi connectivity index (χ4v) is 4.80. The average molecular weight is 625 g/mol. The van der Waals surface area contributed by atoms with Crippen molar-refractivity contribution in [2.75, 3.05) is 6.61 Å². The maximum atomic E-state index is 12.9. The van der Waals surface area contributed by atoms with Gasteiger partial charge in [-0.1, -0.05) is 0 Å². The molecule has 2 aromatic carbocycles. The van der Waals surface area contributed by atoms with E-state index in [0.717, 1.165) is 24.3 Å². The number of aliphatic hydroxyl groups excluding tert-OH is 7. The third kappa shape index (κ3) is 5.75. The Balaban J connectivity index is 1.41. The van der Waals surface area contributed by atoms with Gasteiger partial charge in [-0.15, -0.1) is 0 Å². The highest BCUT2D eigenvalue weighted by Crippen LogP contribution is 2.37. The second-order valence-electron chi connectivity index (χ2n) is 10.1. The molecule has 0 saturated carbocycles. The number of fused-ring (bicyclic) bond motifs is 1. The first kappa shape index (κ1) is 31.4. The van der Waals surface area contributed by atoms with Crippen LogP contribution in [0.5, 0.6) is 23.0 Å². The van der Waals surface area contributed by atoms with Crippen molar-refractivity contribution in [3.05, 3.63) is 46.6 Å². The van der Waals surface area contributed by atoms with Crippen molar-refractivity contribution in [2.45, 2.75) is 61.4 Å². The molecule has 5 rings (SSSR count). The number of phenols is 2. The number of aliphatic carboxylic acids is 1. The molecule has 0 aliphatic carbocycles. The second-order valence-corrected chi connectivity index (χ2v) is 10.1. The third-order valence-electron chi connectivity index (χ3n) is 7.18. The molecule has 10 N–H and O–H groups in total. The molecule has 2 fully saturated rings. The van der Waals surface area contributed by atoms with Gasteiger partial charge in [-0.25, -0.2) is 4.79 Å². The number of ether oxygens (including phenoxy) is 4. The summed E-state index contributed by atoms with van der Waals surface area (Å²) < 4.78 is 26.9. The summed E-state index contributed by atoms with van der Waals surface area (Å²) in [4.78, 5) is 24.2. The number of rotatable bonds is 7. The van der Waals surface area contributed by atoms with E-state index in [-0.39, 0.29) is 33.8 Å². The highest BCUT2D eigenvalue weighted by Gasteiger charge is 2.48. The summed E-state index contributed by atoms with van der Waals surface area (Å²) in [7, 11) is 0. The Bertz CT molecular complexity index is 1590. The van der Waals surface area contributed by atoms with Crippen molar-refractivity contribution in [2.24, 2.45) is 0 Å². The van der Waals surface area contributed by atoms with Crippen LogP contribution in [-0.4, -0.2) is 125 Å². The molecule has 10 atom stereocenters. The molecule has 3 heterocycles. The minimum absolute atomic E-state index is 0.118. The Kier molecular flexibility index (Phi) is 8.67. The van der Waals surface area contributed by atoms with Crippen LogP contribution in [0.2, 0.25) is 0 Å². The van der Waals surface area contributed by atoms with E-state index in [9.17, 15) is 60.7 Å². The molecule has 3 aromatic rings. The first-order chi connectivity index (χ1) is 20.8. The van der Waals surface area contributed by atoms with Gasteiger partial charge in [0.25, 0.3) is 0 Å². The highest BCUT2D eigenvalue weighted by molar-refractivity contribution is 5.86. The van der Waals surface area contributed by atoms with E-state index in [4.69, 9.17) is 23.4 Å². The Hall–Kier alpha value is -4.04. The Morgan fingerprint density at radius 3 is 2.07 bits per heavy atom. The van der Waals surface area contributed by atoms with Crippen LogP contribution in [0, 0.1) is 0 Å². The summed E-state index contributed by atoms with van der Waals surface area (Å²) in [5.41, 5.74) is -0.838. The summed E-state index contributed by atoms with van der Waals surface area (Å²) >= 11 is 0. The zero-order chi connectivity index (χ0) is 32.0. The molecular formula is C27H28O17. The topological polar surface area (TPSA) is 286 Å². The van der Waals surface area contributed by atoms with Crippen molar-refractivity contribution < 1.29 is 79.2 Å². The maximum absolute atomic E-state index is 12.9. The number of hydrogen-bond acceptors (Lipinski definition) is 16. The van der Waals surface area contributed by atoms with E-state index < -0.39 is 90.9 Å². The zero-order valence-electron chi connectivity index (χ0n) is 22.3. The van der Waals surface area contributed by atoms with Crippen LogP contribution in [0.4, 0.5) is 0 Å². The number of aliphatic hydroxyl groups is 7. The fraction of sp³-hybridized carbons (Fsp3) is 0.407. The van der Waals surface area contributed by atoms with Gasteiger partial charge in [-0.05, 0) is 18.2 Å². The van der Waals surface area contributed by atoms with E-state index in [1.165, 1.54) is 12.1 Å². The van der Waals surface area contributed by atoms with Crippen LogP contribution in [0.25, 0.3) is 22.3 Å². The highest BCUT2D eigenvalue weighted by atomic mass is 16.7. The molecule has 0 bridgehead atoms. The Morgan fingerprint density at radius 2 is 1.43 bits per heavy atom. The lowest BCUT2D eigenvalue weighted by Crippen LogP contribution is -2.61. The standard InChI is InChI=1S/C27H28O17/c28-7-16-18(32)19(33)22(36)27(43-16)42-13-2-1-8(3-10(13)29)14-6-12(31)17-11(30)4-9(5-15(17)41-14)40-26-23(37)20(34)21(35)24(44-26)25(38)39/h1-6,16,18-24,26-30,32-37H,7H2,(H,38,39)/t16-,18-,19-,20+,21-,22-,23-,24-,26-,27-/m1/s1. The average Bonchev–Trinajstić information content (AvgIpc) is 2.97. The normalized spacial score (nSPS) is 32.3. The first-order valence-corrected chi connectivity index (χ1v) is 13.0. The summed E-state index contributed by atoms with van der Waals surface area (Å²) in [6.45, 7) is -0.693. The van der Waals surface area contributed by atoms with E-state index in [1.807, 2.05) is 0 Å². The van der Waals surface area contributed by atoms with Crippen LogP contribution in [0.15, 0.2) is 45.6 Å². The van der Waals surface area contributed by atoms with Crippen LogP contribution < -0.4 is 14.9 Å². The van der Waals surface area contributed by atoms with Crippen LogP contribution in [0.3, 0.4) is 0 Å². The Labute approximate surface area is 245 Å². The molecule has 2 saturated heterocycles. The lowest BCUT2D eigenvalue weighted by Gasteiger charge is -2.39. The van der Waals surface area contributed by atoms with Crippen molar-refractivity contribution in [3.8, 4) is 34.3 Å². The van der Waals surface area contributed by atoms with Gasteiger partial charge in [0.2, 0.25) is 12.6 Å². The SMILES string of the molecule is O=C(O)[C@@H]1O[C@@H](Oc2cc(O)c3c(=O)cc(-c4ccc(O[C@@H]5O[C@H](CO)[C@@H](O)[C@@H](O)[C@H]5O)c(O)c4)oc3c2)[C@H](O)[C@@H](O)[C@H]1O. The molecule has 0 radical (unpaired) electrons. The van der Waals surface area contributed by atoms with Crippen LogP contribution in [-0.2, 0) is 14.3 Å². The zero-order valence-corrected chi connectivity index (χ0v) is 22.3. The fourth-order valence-electron chi connectivity index (χ4n) is 4.80. The van der Waals surface area contributed by atoms with Gasteiger partial charge in [0.15, 0.2) is 23.0 Å². The molecule has 0 unspecified atom stereocenters. The van der Waals surface area contributed by atoms with Gasteiger partial charge in [0.1, 0.15) is 71.0 Å². The summed E-state index contributed by atoms with van der Waals surface area (Å²) in [5, 5.41) is 99.5. The van der Waals surface area contributed by atoms with E-state index in [0.29, 0.717) is 0 Å². The molecule has 1 aromatic heterocycles. The number of aromatic hydroxyl groups is 2. The minimum Gasteiger partial charge on any atom is -0.507 e. The third-order valence-corrected chi connectivity index (χ3v) is 7.18. The number of carboxylic acid groups (broad SMARTS) is 1. The van der Waals surface area contributed by atoms with Gasteiger partial charge in [-0.2, -0.15) is 0 Å². The lowest BCUT2D eigenvalue weighted by molar-refractivity contribution is -0.277. The monoisotopic (exact) mass is 624 g/mol. The molecule has 0 spiro atoms. The predicted octanol–water partition coefficient (Wildman–Crippen LogP) is -2.68. The number of carbonyl (C=O) groups is 1. The maximum Gasteiger partial charge on any atom is 0.335 e. The lowest BCUT2D eigenvalue weighted by atomic mass is 9.99. The number of benzene rings is 2. The second kappa shape index (κ2) is 12.2. The largest absolute Gasteiger partial charge is 0.507 e. The summed E-state index contributed by atoms with van der Waals surface area (Å²) in [6, 6.07) is 6.76. The molecular weight excluding hydrogens is 596 g/mol. The quantitative estimate of drug-likeness (QED) is 0.128. The van der Waals surface area contributed by atoms with Crippen LogP contribution >= 0.6 is 0 Å². The van der Waals surface area contributed by atoms with E-state index >= 15 is 0 Å². The molecule has 17 heteroatoms. The molecule has 17 nitrogen and oxygen atoms in total. The number of hydrogen-bond donors (Lipinski definition) is 10. The van der Waals surface area contributed by atoms with Crippen LogP contribution in [0.1, 0.15) is 0 Å². The molecule has 2 aliphatic heterocycles. The van der Waals surface area contributed by atoms with Gasteiger partial charge in [0, 0.05) is 23.8 Å². The number of phenolic OH excluding ortho intramolecular Hbond substituents is 2. The Morgan fingerprint density at radius 1 is 0.773 bits per heavy atom. The molecule has 2 aliphatic rings. The number of carboxylic acids is 1. The van der Waals surface area contributed by atoms with Gasteiger partial charge in [0.05, 0.1) is 6.61 Å². The van der Waals surface area contributed by atoms with Gasteiger partial charge >= 0.3 is 5.97 Å². The van der Waals surface area contributed by atoms with Gasteiger partial charge in [-0.3, -0.25) is 4.79 Å². The van der Waals surface area contributed by atoms with Crippen molar-refractivity contribution in [1.29, 1.82) is 0 Å². The molecule has 44 heavy (non-hydrogen) atoms. The van der Waals surface area contributed by atoms with E-state index in [1.54, 1.807) is 0 Å². The first-order valence-electron chi connectivity index (χ1n) is 13.0. The predicted molar refractivity (Wildman–Crippen MR) is 141 cm³/mol. The summed E-state index contributed by atoms with van der Waals surface area (Å²) in [6.07, 6.45) is -17.5. The van der Waals surface area contributed by atoms with E-state index in [2.05, 4.69) is 0 Å². The van der Waals surface area contributed by atoms with Gasteiger partial charge < -0.3 is 74.4 Å². The van der Waals surface area contributed by atoms with Crippen molar-refractivity contribution >= 4 is 16.9 Å². The smallest absolute Gasteiger partial charge is 0.335 e. The minimum atomic E-state index is -1.96.